The Morgan fingerprint density at radius 1 is 1.44 bits per heavy atom. The van der Waals surface area contributed by atoms with Crippen LogP contribution in [0.3, 0.4) is 0 Å². The number of carbonyl (C=O) groups is 1. The SMILES string of the molecule is CC(C)(C)NC(=O)Oc1ccc(Br)c(Cl)c1. The van der Waals surface area contributed by atoms with Crippen LogP contribution in [0.25, 0.3) is 0 Å². The first-order valence-corrected chi connectivity index (χ1v) is 5.90. The van der Waals surface area contributed by atoms with Crippen molar-refractivity contribution in [3.05, 3.63) is 27.7 Å². The van der Waals surface area contributed by atoms with E-state index in [0.717, 1.165) is 4.47 Å². The van der Waals surface area contributed by atoms with Crippen molar-refractivity contribution in [2.75, 3.05) is 0 Å². The van der Waals surface area contributed by atoms with Gasteiger partial charge in [0.2, 0.25) is 0 Å². The van der Waals surface area contributed by atoms with Gasteiger partial charge >= 0.3 is 6.09 Å². The van der Waals surface area contributed by atoms with Crippen LogP contribution in [0.15, 0.2) is 22.7 Å². The zero-order valence-corrected chi connectivity index (χ0v) is 11.6. The predicted octanol–water partition coefficient (Wildman–Crippen LogP) is 3.99. The van der Waals surface area contributed by atoms with Crippen molar-refractivity contribution in [2.24, 2.45) is 0 Å². The number of carbonyl (C=O) groups excluding carboxylic acids is 1. The number of ether oxygens (including phenoxy) is 1. The quantitative estimate of drug-likeness (QED) is 0.852. The first-order valence-electron chi connectivity index (χ1n) is 4.73. The standard InChI is InChI=1S/C11H13BrClNO2/c1-11(2,3)14-10(15)16-7-4-5-8(12)9(13)6-7/h4-6H,1-3H3,(H,14,15). The molecular weight excluding hydrogens is 293 g/mol. The Bertz CT molecular complexity index is 401. The lowest BCUT2D eigenvalue weighted by molar-refractivity contribution is 0.190. The second kappa shape index (κ2) is 5.06. The maximum atomic E-state index is 11.4. The highest BCUT2D eigenvalue weighted by Crippen LogP contribution is 2.26. The fraction of sp³-hybridized carbons (Fsp3) is 0.364. The van der Waals surface area contributed by atoms with Gasteiger partial charge in [-0.2, -0.15) is 0 Å². The van der Waals surface area contributed by atoms with E-state index in [1.165, 1.54) is 0 Å². The molecule has 0 saturated heterocycles. The summed E-state index contributed by atoms with van der Waals surface area (Å²) >= 11 is 9.13. The van der Waals surface area contributed by atoms with Crippen molar-refractivity contribution in [3.8, 4) is 5.75 Å². The summed E-state index contributed by atoms with van der Waals surface area (Å²) in [5.74, 6) is 0.412. The molecule has 0 atom stereocenters. The third-order valence-electron chi connectivity index (χ3n) is 1.58. The maximum Gasteiger partial charge on any atom is 0.413 e. The van der Waals surface area contributed by atoms with Gasteiger partial charge in [0.25, 0.3) is 0 Å². The van der Waals surface area contributed by atoms with E-state index >= 15 is 0 Å². The average Bonchev–Trinajstić information content (AvgIpc) is 2.08. The summed E-state index contributed by atoms with van der Waals surface area (Å²) in [4.78, 5) is 11.4. The van der Waals surface area contributed by atoms with E-state index in [0.29, 0.717) is 10.8 Å². The van der Waals surface area contributed by atoms with Crippen LogP contribution in [0, 0.1) is 0 Å². The summed E-state index contributed by atoms with van der Waals surface area (Å²) < 4.78 is 5.83. The normalized spacial score (nSPS) is 11.1. The molecular formula is C11H13BrClNO2. The van der Waals surface area contributed by atoms with Crippen LogP contribution in [0.2, 0.25) is 5.02 Å². The summed E-state index contributed by atoms with van der Waals surface area (Å²) in [7, 11) is 0. The van der Waals surface area contributed by atoms with E-state index in [1.54, 1.807) is 18.2 Å². The number of benzene rings is 1. The molecule has 1 rings (SSSR count). The molecule has 0 aliphatic carbocycles. The zero-order chi connectivity index (χ0) is 12.3. The number of rotatable bonds is 1. The van der Waals surface area contributed by atoms with Gasteiger partial charge in [0.15, 0.2) is 0 Å². The van der Waals surface area contributed by atoms with Crippen LogP contribution in [0.4, 0.5) is 4.79 Å². The number of hydrogen-bond donors (Lipinski definition) is 1. The van der Waals surface area contributed by atoms with Gasteiger partial charge in [0.1, 0.15) is 5.75 Å². The fourth-order valence-electron chi connectivity index (χ4n) is 0.979. The first-order chi connectivity index (χ1) is 7.28. The molecule has 0 bridgehead atoms. The molecule has 0 aliphatic rings. The van der Waals surface area contributed by atoms with Crippen LogP contribution >= 0.6 is 27.5 Å². The highest BCUT2D eigenvalue weighted by molar-refractivity contribution is 9.10. The molecule has 1 aromatic rings. The van der Waals surface area contributed by atoms with Crippen molar-refractivity contribution >= 4 is 33.6 Å². The maximum absolute atomic E-state index is 11.4. The number of nitrogens with one attached hydrogen (secondary N) is 1. The van der Waals surface area contributed by atoms with Crippen molar-refractivity contribution in [1.29, 1.82) is 0 Å². The molecule has 3 nitrogen and oxygen atoms in total. The monoisotopic (exact) mass is 305 g/mol. The summed E-state index contributed by atoms with van der Waals surface area (Å²) in [6.45, 7) is 5.63. The van der Waals surface area contributed by atoms with Gasteiger partial charge in [-0.15, -0.1) is 0 Å². The van der Waals surface area contributed by atoms with Crippen LogP contribution < -0.4 is 10.1 Å². The average molecular weight is 307 g/mol. The molecule has 0 aliphatic heterocycles. The van der Waals surface area contributed by atoms with Gasteiger partial charge in [-0.25, -0.2) is 4.79 Å². The lowest BCUT2D eigenvalue weighted by Crippen LogP contribution is -2.42. The minimum absolute atomic E-state index is 0.323. The topological polar surface area (TPSA) is 38.3 Å². The van der Waals surface area contributed by atoms with Gasteiger partial charge < -0.3 is 10.1 Å². The van der Waals surface area contributed by atoms with E-state index in [1.807, 2.05) is 20.8 Å². The van der Waals surface area contributed by atoms with E-state index in [4.69, 9.17) is 16.3 Å². The van der Waals surface area contributed by atoms with Crippen LogP contribution in [0.1, 0.15) is 20.8 Å². The molecule has 0 fully saturated rings. The fourth-order valence-corrected chi connectivity index (χ4v) is 1.40. The number of halogens is 2. The summed E-state index contributed by atoms with van der Waals surface area (Å²) in [5.41, 5.74) is -0.323. The van der Waals surface area contributed by atoms with Gasteiger partial charge in [-0.05, 0) is 48.8 Å². The molecule has 0 saturated carbocycles. The second-order valence-electron chi connectivity index (χ2n) is 4.34. The third-order valence-corrected chi connectivity index (χ3v) is 2.81. The van der Waals surface area contributed by atoms with Crippen LogP contribution in [-0.4, -0.2) is 11.6 Å². The Labute approximate surface area is 108 Å². The Balaban J connectivity index is 2.67. The van der Waals surface area contributed by atoms with E-state index in [2.05, 4.69) is 21.2 Å². The minimum atomic E-state index is -0.495. The van der Waals surface area contributed by atoms with Crippen molar-refractivity contribution < 1.29 is 9.53 Å². The smallest absolute Gasteiger partial charge is 0.410 e. The zero-order valence-electron chi connectivity index (χ0n) is 9.30. The molecule has 0 radical (unpaired) electrons. The first kappa shape index (κ1) is 13.3. The lowest BCUT2D eigenvalue weighted by atomic mass is 10.1. The van der Waals surface area contributed by atoms with Crippen molar-refractivity contribution in [3.63, 3.8) is 0 Å². The van der Waals surface area contributed by atoms with Crippen molar-refractivity contribution in [1.82, 2.24) is 5.32 Å². The molecule has 5 heteroatoms. The third kappa shape index (κ3) is 4.41. The summed E-state index contributed by atoms with van der Waals surface area (Å²) in [6.07, 6.45) is -0.495. The summed E-state index contributed by atoms with van der Waals surface area (Å²) in [6, 6.07) is 4.97. The molecule has 0 heterocycles. The van der Waals surface area contributed by atoms with Gasteiger partial charge in [0, 0.05) is 16.1 Å². The van der Waals surface area contributed by atoms with Gasteiger partial charge in [-0.3, -0.25) is 0 Å². The molecule has 0 aromatic heterocycles. The Morgan fingerprint density at radius 2 is 2.06 bits per heavy atom. The van der Waals surface area contributed by atoms with E-state index < -0.39 is 6.09 Å². The Kier molecular flexibility index (Phi) is 4.21. The van der Waals surface area contributed by atoms with Crippen LogP contribution in [-0.2, 0) is 0 Å². The van der Waals surface area contributed by atoms with Gasteiger partial charge in [0.05, 0.1) is 5.02 Å². The number of hydrogen-bond acceptors (Lipinski definition) is 2. The molecule has 1 amide bonds. The van der Waals surface area contributed by atoms with E-state index in [-0.39, 0.29) is 5.54 Å². The van der Waals surface area contributed by atoms with E-state index in [9.17, 15) is 4.79 Å². The molecule has 16 heavy (non-hydrogen) atoms. The van der Waals surface area contributed by atoms with Gasteiger partial charge in [-0.1, -0.05) is 11.6 Å². The Hall–Kier alpha value is -0.740. The second-order valence-corrected chi connectivity index (χ2v) is 5.60. The predicted molar refractivity (Wildman–Crippen MR) is 68.1 cm³/mol. The molecule has 1 aromatic carbocycles. The molecule has 0 unspecified atom stereocenters. The molecule has 1 N–H and O–H groups in total. The largest absolute Gasteiger partial charge is 0.413 e. The Morgan fingerprint density at radius 3 is 2.56 bits per heavy atom. The minimum Gasteiger partial charge on any atom is -0.410 e. The highest BCUT2D eigenvalue weighted by Gasteiger charge is 2.15. The number of amides is 1. The summed E-state index contributed by atoms with van der Waals surface area (Å²) in [5, 5.41) is 3.19. The molecule has 88 valence electrons. The highest BCUT2D eigenvalue weighted by atomic mass is 79.9. The lowest BCUT2D eigenvalue weighted by Gasteiger charge is -2.19. The van der Waals surface area contributed by atoms with Crippen molar-refractivity contribution in [2.45, 2.75) is 26.3 Å². The van der Waals surface area contributed by atoms with Crippen LogP contribution in [0.5, 0.6) is 5.75 Å². The molecule has 0 spiro atoms.